The van der Waals surface area contributed by atoms with E-state index in [2.05, 4.69) is 16.0 Å². The fourth-order valence-electron chi connectivity index (χ4n) is 5.36. The van der Waals surface area contributed by atoms with Gasteiger partial charge in [-0.3, -0.25) is 14.4 Å². The van der Waals surface area contributed by atoms with Gasteiger partial charge in [-0.25, -0.2) is 14.4 Å². The molecule has 0 heterocycles. The molecule has 0 radical (unpaired) electrons. The van der Waals surface area contributed by atoms with E-state index in [-0.39, 0.29) is 53.2 Å². The number of phenols is 3. The van der Waals surface area contributed by atoms with Crippen LogP contribution in [0.25, 0.3) is 0 Å². The highest BCUT2D eigenvalue weighted by molar-refractivity contribution is 6.06. The predicted molar refractivity (Wildman–Crippen MR) is 192 cm³/mol. The van der Waals surface area contributed by atoms with E-state index >= 15 is 0 Å². The van der Waals surface area contributed by atoms with Crippen molar-refractivity contribution in [2.24, 2.45) is 0 Å². The van der Waals surface area contributed by atoms with Gasteiger partial charge in [-0.2, -0.15) is 0 Å². The Bertz CT molecular complexity index is 1740. The molecule has 0 aliphatic carbocycles. The molecule has 6 N–H and O–H groups in total. The summed E-state index contributed by atoms with van der Waals surface area (Å²) >= 11 is 0. The standard InChI is InChI=1S/C39H39N3O12/c1-52-37(49)31(16-22-4-10-28(43)11-5-22)40-34(46)25-19-26(35(47)41-32(38(50)53-2)17-23-6-12-29(44)13-7-23)21-27(20-25)36(48)42-33(39(51)54-3)18-24-8-14-30(45)15-9-24/h4-15,19-21,31-33,43-45H,16-18H2,1-3H3,(H,40,46)(H,41,47)(H,42,48)/t31-,32-,33-/m1/s1. The van der Waals surface area contributed by atoms with Crippen LogP contribution in [0.2, 0.25) is 0 Å². The average molecular weight is 742 g/mol. The topological polar surface area (TPSA) is 227 Å². The van der Waals surface area contributed by atoms with E-state index in [4.69, 9.17) is 14.2 Å². The van der Waals surface area contributed by atoms with Crippen LogP contribution in [0.4, 0.5) is 0 Å². The Labute approximate surface area is 309 Å². The monoisotopic (exact) mass is 741 g/mol. The quantitative estimate of drug-likeness (QED) is 0.0763. The molecule has 282 valence electrons. The number of hydrogen-bond donors (Lipinski definition) is 6. The number of amides is 3. The Morgan fingerprint density at radius 2 is 0.667 bits per heavy atom. The molecule has 0 unspecified atom stereocenters. The molecule has 15 nitrogen and oxygen atoms in total. The number of esters is 3. The summed E-state index contributed by atoms with van der Waals surface area (Å²) in [5.41, 5.74) is 0.987. The number of rotatable bonds is 15. The summed E-state index contributed by atoms with van der Waals surface area (Å²) < 4.78 is 14.7. The number of methoxy groups -OCH3 is 3. The number of hydrogen-bond acceptors (Lipinski definition) is 12. The zero-order chi connectivity index (χ0) is 39.4. The van der Waals surface area contributed by atoms with Gasteiger partial charge in [0.25, 0.3) is 17.7 Å². The van der Waals surface area contributed by atoms with Crippen LogP contribution >= 0.6 is 0 Å². The third kappa shape index (κ3) is 11.0. The molecule has 4 rings (SSSR count). The second-order valence-corrected chi connectivity index (χ2v) is 12.1. The number of nitrogens with one attached hydrogen (secondary N) is 3. The van der Waals surface area contributed by atoms with Crippen LogP contribution in [0.1, 0.15) is 47.8 Å². The van der Waals surface area contributed by atoms with Crippen LogP contribution in [0.3, 0.4) is 0 Å². The molecule has 0 saturated heterocycles. The summed E-state index contributed by atoms with van der Waals surface area (Å²) in [7, 11) is 3.41. The zero-order valence-corrected chi connectivity index (χ0v) is 29.5. The van der Waals surface area contributed by atoms with Gasteiger partial charge in [0, 0.05) is 36.0 Å². The Hall–Kier alpha value is -6.90. The number of carbonyl (C=O) groups excluding carboxylic acids is 6. The third-order valence-corrected chi connectivity index (χ3v) is 8.22. The minimum atomic E-state index is -1.23. The van der Waals surface area contributed by atoms with Crippen molar-refractivity contribution in [2.45, 2.75) is 37.4 Å². The van der Waals surface area contributed by atoms with Gasteiger partial charge in [0.05, 0.1) is 21.3 Å². The summed E-state index contributed by atoms with van der Waals surface area (Å²) in [5, 5.41) is 36.6. The van der Waals surface area contributed by atoms with E-state index in [0.29, 0.717) is 16.7 Å². The van der Waals surface area contributed by atoms with E-state index in [1.54, 1.807) is 36.4 Å². The predicted octanol–water partition coefficient (Wildman–Crippen LogP) is 2.35. The summed E-state index contributed by atoms with van der Waals surface area (Å²) in [4.78, 5) is 79.5. The van der Waals surface area contributed by atoms with Crippen molar-refractivity contribution in [3.05, 3.63) is 124 Å². The van der Waals surface area contributed by atoms with Crippen LogP contribution in [0.5, 0.6) is 17.2 Å². The Morgan fingerprint density at radius 1 is 0.444 bits per heavy atom. The molecule has 0 bridgehead atoms. The lowest BCUT2D eigenvalue weighted by molar-refractivity contribution is -0.143. The maximum absolute atomic E-state index is 13.7. The van der Waals surface area contributed by atoms with Gasteiger partial charge in [0.2, 0.25) is 0 Å². The van der Waals surface area contributed by atoms with Crippen molar-refractivity contribution < 1.29 is 58.3 Å². The van der Waals surface area contributed by atoms with Gasteiger partial charge < -0.3 is 45.5 Å². The lowest BCUT2D eigenvalue weighted by Gasteiger charge is -2.20. The lowest BCUT2D eigenvalue weighted by atomic mass is 10.0. The summed E-state index contributed by atoms with van der Waals surface area (Å²) in [5.74, 6) is -5.05. The smallest absolute Gasteiger partial charge is 0.328 e. The Kier molecular flexibility index (Phi) is 13.7. The molecule has 3 amide bonds. The largest absolute Gasteiger partial charge is 0.508 e. The van der Waals surface area contributed by atoms with Crippen LogP contribution < -0.4 is 16.0 Å². The van der Waals surface area contributed by atoms with Gasteiger partial charge in [-0.1, -0.05) is 36.4 Å². The van der Waals surface area contributed by atoms with E-state index in [1.165, 1.54) is 36.4 Å². The molecule has 15 heteroatoms. The van der Waals surface area contributed by atoms with Crippen LogP contribution in [0, 0.1) is 0 Å². The van der Waals surface area contributed by atoms with Crippen LogP contribution in [0.15, 0.2) is 91.0 Å². The molecule has 0 saturated carbocycles. The third-order valence-electron chi connectivity index (χ3n) is 8.22. The van der Waals surface area contributed by atoms with Crippen molar-refractivity contribution in [1.82, 2.24) is 16.0 Å². The van der Waals surface area contributed by atoms with Crippen LogP contribution in [-0.4, -0.2) is 90.4 Å². The molecule has 4 aromatic rings. The van der Waals surface area contributed by atoms with Gasteiger partial charge >= 0.3 is 17.9 Å². The highest BCUT2D eigenvalue weighted by Crippen LogP contribution is 2.18. The van der Waals surface area contributed by atoms with Gasteiger partial charge in [-0.05, 0) is 71.3 Å². The van der Waals surface area contributed by atoms with Crippen molar-refractivity contribution >= 4 is 35.6 Å². The van der Waals surface area contributed by atoms with Crippen molar-refractivity contribution in [3.63, 3.8) is 0 Å². The minimum absolute atomic E-state index is 0.00620. The van der Waals surface area contributed by atoms with Gasteiger partial charge in [-0.15, -0.1) is 0 Å². The highest BCUT2D eigenvalue weighted by atomic mass is 16.5. The number of aromatic hydroxyl groups is 3. The SMILES string of the molecule is COC(=O)[C@@H](Cc1ccc(O)cc1)NC(=O)c1cc(C(=O)N[C@H](Cc2ccc(O)cc2)C(=O)OC)cc(C(=O)N[C@H](Cc2ccc(O)cc2)C(=O)OC)c1. The molecule has 0 aromatic heterocycles. The maximum Gasteiger partial charge on any atom is 0.328 e. The van der Waals surface area contributed by atoms with E-state index in [1.807, 2.05) is 0 Å². The molecule has 4 aromatic carbocycles. The van der Waals surface area contributed by atoms with E-state index in [9.17, 15) is 44.1 Å². The first-order valence-corrected chi connectivity index (χ1v) is 16.4. The number of carbonyl (C=O) groups is 6. The maximum atomic E-state index is 13.7. The molecule has 0 aliphatic rings. The Morgan fingerprint density at radius 3 is 0.870 bits per heavy atom. The summed E-state index contributed by atoms with van der Waals surface area (Å²) in [6.45, 7) is 0. The van der Waals surface area contributed by atoms with Gasteiger partial charge in [0.1, 0.15) is 35.4 Å². The zero-order valence-electron chi connectivity index (χ0n) is 29.5. The molecular formula is C39H39N3O12. The molecule has 0 fully saturated rings. The number of phenolic OH excluding ortho intramolecular Hbond substituents is 3. The second kappa shape index (κ2) is 18.5. The Balaban J connectivity index is 1.69. The fraction of sp³-hybridized carbons (Fsp3) is 0.231. The average Bonchev–Trinajstić information content (AvgIpc) is 3.18. The molecular weight excluding hydrogens is 702 g/mol. The number of benzene rings is 4. The fourth-order valence-corrected chi connectivity index (χ4v) is 5.36. The minimum Gasteiger partial charge on any atom is -0.508 e. The van der Waals surface area contributed by atoms with E-state index < -0.39 is 53.8 Å². The molecule has 0 aliphatic heterocycles. The number of ether oxygens (including phenoxy) is 3. The second-order valence-electron chi connectivity index (χ2n) is 12.1. The van der Waals surface area contributed by atoms with E-state index in [0.717, 1.165) is 39.5 Å². The van der Waals surface area contributed by atoms with Crippen molar-refractivity contribution in [1.29, 1.82) is 0 Å². The normalized spacial score (nSPS) is 12.3. The van der Waals surface area contributed by atoms with Crippen LogP contribution in [-0.2, 0) is 47.9 Å². The van der Waals surface area contributed by atoms with Crippen molar-refractivity contribution in [3.8, 4) is 17.2 Å². The molecule has 54 heavy (non-hydrogen) atoms. The molecule has 0 spiro atoms. The first kappa shape index (κ1) is 39.9. The van der Waals surface area contributed by atoms with Crippen molar-refractivity contribution in [2.75, 3.05) is 21.3 Å². The van der Waals surface area contributed by atoms with Gasteiger partial charge in [0.15, 0.2) is 0 Å². The summed E-state index contributed by atoms with van der Waals surface area (Å²) in [6, 6.07) is 17.5. The lowest BCUT2D eigenvalue weighted by Crippen LogP contribution is -2.44. The first-order chi connectivity index (χ1) is 25.8. The molecule has 3 atom stereocenters. The summed E-state index contributed by atoms with van der Waals surface area (Å²) in [6.07, 6.45) is -0.118. The highest BCUT2D eigenvalue weighted by Gasteiger charge is 2.28. The first-order valence-electron chi connectivity index (χ1n) is 16.4.